The summed E-state index contributed by atoms with van der Waals surface area (Å²) < 4.78 is 6.77. The van der Waals surface area contributed by atoms with E-state index in [0.29, 0.717) is 11.2 Å². The number of rotatable bonds is 7. The molecule has 0 aliphatic carbocycles. The zero-order valence-corrected chi connectivity index (χ0v) is 13.2. The van der Waals surface area contributed by atoms with Crippen LogP contribution in [-0.4, -0.2) is 60.9 Å². The minimum absolute atomic E-state index is 0.00357. The number of amides is 2. The van der Waals surface area contributed by atoms with Gasteiger partial charge >= 0.3 is 0 Å². The average Bonchev–Trinajstić information content (AvgIpc) is 2.89. The van der Waals surface area contributed by atoms with Crippen molar-refractivity contribution < 1.29 is 24.5 Å². The zero-order valence-electron chi connectivity index (χ0n) is 13.2. The second-order valence-electron chi connectivity index (χ2n) is 4.98. The monoisotopic (exact) mass is 338 g/mol. The Morgan fingerprint density at radius 2 is 2.00 bits per heavy atom. The van der Waals surface area contributed by atoms with Gasteiger partial charge in [0.1, 0.15) is 12.8 Å². The third-order valence-corrected chi connectivity index (χ3v) is 2.80. The van der Waals surface area contributed by atoms with Crippen LogP contribution in [0.1, 0.15) is 13.8 Å². The Kier molecular flexibility index (Phi) is 5.73. The van der Waals surface area contributed by atoms with Gasteiger partial charge in [0.05, 0.1) is 19.5 Å². The van der Waals surface area contributed by atoms with Crippen molar-refractivity contribution in [3.05, 3.63) is 6.33 Å². The summed E-state index contributed by atoms with van der Waals surface area (Å²) in [4.78, 5) is 34.9. The van der Waals surface area contributed by atoms with Gasteiger partial charge in [0.15, 0.2) is 17.0 Å². The summed E-state index contributed by atoms with van der Waals surface area (Å²) in [5.41, 5.74) is 0.654. The van der Waals surface area contributed by atoms with Crippen LogP contribution in [0.15, 0.2) is 6.33 Å². The Morgan fingerprint density at radius 1 is 1.29 bits per heavy atom. The number of hydrogen-bond acceptors (Lipinski definition) is 8. The average molecular weight is 338 g/mol. The predicted molar refractivity (Wildman–Crippen MR) is 83.0 cm³/mol. The van der Waals surface area contributed by atoms with Crippen LogP contribution in [-0.2, 0) is 21.1 Å². The van der Waals surface area contributed by atoms with Crippen molar-refractivity contribution in [2.75, 3.05) is 23.8 Å². The van der Waals surface area contributed by atoms with Crippen LogP contribution < -0.4 is 10.6 Å². The number of aliphatic hydroxyl groups excluding tert-OH is 2. The normalized spacial score (nSPS) is 12.2. The molecule has 2 rings (SSSR count). The molecule has 1 atom stereocenters. The molecule has 0 fully saturated rings. The number of carbonyl (C=O) groups excluding carboxylic acids is 2. The van der Waals surface area contributed by atoms with Crippen LogP contribution >= 0.6 is 0 Å². The number of hydrogen-bond donors (Lipinski definition) is 4. The molecule has 0 saturated carbocycles. The number of carbonyl (C=O) groups is 2. The van der Waals surface area contributed by atoms with Gasteiger partial charge in [-0.3, -0.25) is 19.5 Å². The molecule has 0 saturated heterocycles. The highest BCUT2D eigenvalue weighted by atomic mass is 16.5. The zero-order chi connectivity index (χ0) is 17.7. The van der Waals surface area contributed by atoms with Crippen LogP contribution in [0.4, 0.5) is 11.8 Å². The quantitative estimate of drug-likeness (QED) is 0.505. The van der Waals surface area contributed by atoms with Gasteiger partial charge in [-0.2, -0.15) is 9.97 Å². The molecule has 0 bridgehead atoms. The minimum atomic E-state index is -0.987. The maximum Gasteiger partial charge on any atom is 0.233 e. The fourth-order valence-corrected chi connectivity index (χ4v) is 1.85. The summed E-state index contributed by atoms with van der Waals surface area (Å²) in [6, 6.07) is 0. The van der Waals surface area contributed by atoms with Gasteiger partial charge in [0.2, 0.25) is 17.8 Å². The largest absolute Gasteiger partial charge is 0.394 e. The van der Waals surface area contributed by atoms with Gasteiger partial charge in [0, 0.05) is 13.8 Å². The molecule has 0 aliphatic heterocycles. The molecule has 2 aromatic rings. The molecule has 11 heteroatoms. The summed E-state index contributed by atoms with van der Waals surface area (Å²) in [5.74, 6) is -0.543. The van der Waals surface area contributed by atoms with Crippen LogP contribution in [0.25, 0.3) is 11.2 Å². The first-order chi connectivity index (χ1) is 11.4. The lowest BCUT2D eigenvalue weighted by molar-refractivity contribution is -0.115. The Morgan fingerprint density at radius 3 is 2.62 bits per heavy atom. The highest BCUT2D eigenvalue weighted by Gasteiger charge is 2.15. The summed E-state index contributed by atoms with van der Waals surface area (Å²) in [6.45, 7) is 2.15. The Balaban J connectivity index is 2.32. The van der Waals surface area contributed by atoms with E-state index in [1.807, 2.05) is 0 Å². The van der Waals surface area contributed by atoms with E-state index >= 15 is 0 Å². The lowest BCUT2D eigenvalue weighted by Gasteiger charge is -2.10. The summed E-state index contributed by atoms with van der Waals surface area (Å²) >= 11 is 0. The Hall–Kier alpha value is -2.63. The molecule has 0 spiro atoms. The maximum absolute atomic E-state index is 11.3. The van der Waals surface area contributed by atoms with E-state index < -0.39 is 12.7 Å². The van der Waals surface area contributed by atoms with Crippen molar-refractivity contribution in [1.29, 1.82) is 0 Å². The second-order valence-corrected chi connectivity index (χ2v) is 4.98. The van der Waals surface area contributed by atoms with E-state index in [0.717, 1.165) is 0 Å². The molecule has 0 aromatic carbocycles. The molecule has 4 N–H and O–H groups in total. The van der Waals surface area contributed by atoms with E-state index in [1.54, 1.807) is 0 Å². The van der Waals surface area contributed by atoms with Gasteiger partial charge in [-0.15, -0.1) is 0 Å². The standard InChI is InChI=1S/C13H18N6O5/c1-7(21)15-11-10-12(18-13(17-11)16-8(2)22)19(5-14-10)6-24-4-9(23)3-20/h5,9,20,23H,3-4,6H2,1-2H3,(H2,15,16,17,18,21,22). The fraction of sp³-hybridized carbons (Fsp3) is 0.462. The summed E-state index contributed by atoms with van der Waals surface area (Å²) in [7, 11) is 0. The van der Waals surface area contributed by atoms with Crippen LogP contribution in [0.5, 0.6) is 0 Å². The number of anilines is 2. The van der Waals surface area contributed by atoms with Gasteiger partial charge in [0.25, 0.3) is 0 Å². The molecule has 130 valence electrons. The highest BCUT2D eigenvalue weighted by molar-refractivity contribution is 5.97. The van der Waals surface area contributed by atoms with Crippen LogP contribution in [0, 0.1) is 0 Å². The maximum atomic E-state index is 11.3. The number of ether oxygens (including phenoxy) is 1. The number of aromatic nitrogens is 4. The van der Waals surface area contributed by atoms with E-state index in [4.69, 9.17) is 9.84 Å². The molecular formula is C13H18N6O5. The number of fused-ring (bicyclic) bond motifs is 1. The second kappa shape index (κ2) is 7.77. The van der Waals surface area contributed by atoms with E-state index in [9.17, 15) is 14.7 Å². The van der Waals surface area contributed by atoms with Crippen molar-refractivity contribution in [2.24, 2.45) is 0 Å². The van der Waals surface area contributed by atoms with Crippen LogP contribution in [0.2, 0.25) is 0 Å². The number of nitrogens with zero attached hydrogens (tertiary/aromatic N) is 4. The van der Waals surface area contributed by atoms with Gasteiger partial charge in [-0.1, -0.05) is 0 Å². The van der Waals surface area contributed by atoms with Crippen molar-refractivity contribution in [3.8, 4) is 0 Å². The smallest absolute Gasteiger partial charge is 0.233 e. The Labute approximate surface area is 136 Å². The van der Waals surface area contributed by atoms with Crippen molar-refractivity contribution in [2.45, 2.75) is 26.7 Å². The van der Waals surface area contributed by atoms with E-state index in [2.05, 4.69) is 25.6 Å². The number of imidazole rings is 1. The highest BCUT2D eigenvalue weighted by Crippen LogP contribution is 2.21. The molecule has 2 amide bonds. The number of nitrogens with one attached hydrogen (secondary N) is 2. The van der Waals surface area contributed by atoms with Crippen molar-refractivity contribution >= 4 is 34.7 Å². The van der Waals surface area contributed by atoms with E-state index in [-0.39, 0.29) is 36.9 Å². The predicted octanol–water partition coefficient (Wildman–Crippen LogP) is -0.930. The van der Waals surface area contributed by atoms with Gasteiger partial charge in [-0.05, 0) is 0 Å². The van der Waals surface area contributed by atoms with Crippen molar-refractivity contribution in [3.63, 3.8) is 0 Å². The first-order valence-corrected chi connectivity index (χ1v) is 7.05. The lowest BCUT2D eigenvalue weighted by atomic mass is 10.4. The first-order valence-electron chi connectivity index (χ1n) is 7.05. The van der Waals surface area contributed by atoms with E-state index in [1.165, 1.54) is 24.7 Å². The van der Waals surface area contributed by atoms with Gasteiger partial charge in [-0.25, -0.2) is 4.98 Å². The van der Waals surface area contributed by atoms with Crippen molar-refractivity contribution in [1.82, 2.24) is 19.5 Å². The SMILES string of the molecule is CC(=O)Nc1nc(NC(C)=O)c2ncn(COCC(O)CO)c2n1. The molecule has 24 heavy (non-hydrogen) atoms. The third-order valence-electron chi connectivity index (χ3n) is 2.80. The summed E-state index contributed by atoms with van der Waals surface area (Å²) in [6.07, 6.45) is 0.437. The first kappa shape index (κ1) is 17.7. The van der Waals surface area contributed by atoms with Gasteiger partial charge < -0.3 is 20.3 Å². The lowest BCUT2D eigenvalue weighted by Crippen LogP contribution is -2.20. The Bertz CT molecular complexity index is 746. The molecule has 0 aliphatic rings. The molecule has 2 heterocycles. The minimum Gasteiger partial charge on any atom is -0.394 e. The topological polar surface area (TPSA) is 151 Å². The third kappa shape index (κ3) is 4.44. The number of aliphatic hydroxyl groups is 2. The molecule has 1 unspecified atom stereocenters. The summed E-state index contributed by atoms with van der Waals surface area (Å²) in [5, 5.41) is 23.0. The van der Waals surface area contributed by atoms with Crippen LogP contribution in [0.3, 0.4) is 0 Å². The molecule has 0 radical (unpaired) electrons. The molecule has 11 nitrogen and oxygen atoms in total. The molecule has 2 aromatic heterocycles. The fourth-order valence-electron chi connectivity index (χ4n) is 1.85. The molecular weight excluding hydrogens is 320 g/mol.